The number of aromatic nitrogens is 1. The van der Waals surface area contributed by atoms with Crippen LogP contribution in [0.5, 0.6) is 5.75 Å². The van der Waals surface area contributed by atoms with Gasteiger partial charge in [-0.25, -0.2) is 0 Å². The molecule has 2 heterocycles. The smallest absolute Gasteiger partial charge is 0.258 e. The molecule has 0 aliphatic carbocycles. The first kappa shape index (κ1) is 13.3. The zero-order valence-electron chi connectivity index (χ0n) is 10.8. The fourth-order valence-electron chi connectivity index (χ4n) is 2.29. The molecule has 1 saturated heterocycles. The Hall–Kier alpha value is -1.66. The largest absolute Gasteiger partial charge is 0.505 e. The summed E-state index contributed by atoms with van der Waals surface area (Å²) in [7, 11) is 1.63. The molecule has 6 heteroatoms. The maximum Gasteiger partial charge on any atom is 0.258 e. The first-order chi connectivity index (χ1) is 9.60. The number of ether oxygens (including phenoxy) is 1. The van der Waals surface area contributed by atoms with Gasteiger partial charge in [-0.15, -0.1) is 0 Å². The molecule has 1 N–H and O–H groups in total. The van der Waals surface area contributed by atoms with E-state index in [0.717, 1.165) is 4.47 Å². The lowest BCUT2D eigenvalue weighted by atomic mass is 10.0. The standard InChI is InChI=1S/C14H13BrN2O3/c1-20-9-6-17(7-9)14(19)13-10-4-8(15)2-3-11(10)16-5-12(13)18/h2-5,9,18H,6-7H2,1H3. The van der Waals surface area contributed by atoms with E-state index in [1.165, 1.54) is 6.20 Å². The molecule has 0 saturated carbocycles. The van der Waals surface area contributed by atoms with Gasteiger partial charge in [0.2, 0.25) is 0 Å². The van der Waals surface area contributed by atoms with Crippen LogP contribution in [-0.4, -0.2) is 47.2 Å². The lowest BCUT2D eigenvalue weighted by Gasteiger charge is -2.38. The van der Waals surface area contributed by atoms with Crippen molar-refractivity contribution in [1.82, 2.24) is 9.88 Å². The molecule has 2 aromatic rings. The van der Waals surface area contributed by atoms with Gasteiger partial charge in [0.25, 0.3) is 5.91 Å². The van der Waals surface area contributed by atoms with E-state index < -0.39 is 0 Å². The summed E-state index contributed by atoms with van der Waals surface area (Å²) in [6, 6.07) is 5.46. The third kappa shape index (κ3) is 2.14. The molecule has 0 unspecified atom stereocenters. The predicted molar refractivity (Wildman–Crippen MR) is 77.8 cm³/mol. The monoisotopic (exact) mass is 336 g/mol. The van der Waals surface area contributed by atoms with E-state index in [0.29, 0.717) is 29.6 Å². The number of amides is 1. The summed E-state index contributed by atoms with van der Waals surface area (Å²) in [6.07, 6.45) is 1.40. The van der Waals surface area contributed by atoms with Crippen LogP contribution in [0.2, 0.25) is 0 Å². The van der Waals surface area contributed by atoms with Gasteiger partial charge in [0.15, 0.2) is 0 Å². The average Bonchev–Trinajstić information content (AvgIpc) is 2.37. The highest BCUT2D eigenvalue weighted by atomic mass is 79.9. The first-order valence-electron chi connectivity index (χ1n) is 6.19. The Balaban J connectivity index is 2.04. The number of hydrogen-bond acceptors (Lipinski definition) is 4. The fraction of sp³-hybridized carbons (Fsp3) is 0.286. The van der Waals surface area contributed by atoms with Gasteiger partial charge in [-0.05, 0) is 18.2 Å². The summed E-state index contributed by atoms with van der Waals surface area (Å²) in [5.41, 5.74) is 0.976. The second-order valence-electron chi connectivity index (χ2n) is 4.75. The summed E-state index contributed by atoms with van der Waals surface area (Å²) in [6.45, 7) is 1.10. The summed E-state index contributed by atoms with van der Waals surface area (Å²) in [5.74, 6) is -0.289. The molecule has 1 aromatic carbocycles. The minimum Gasteiger partial charge on any atom is -0.505 e. The Morgan fingerprint density at radius 2 is 2.25 bits per heavy atom. The van der Waals surface area contributed by atoms with Crippen LogP contribution in [0, 0.1) is 0 Å². The fourth-order valence-corrected chi connectivity index (χ4v) is 2.65. The zero-order valence-corrected chi connectivity index (χ0v) is 12.4. The number of pyridine rings is 1. The minimum atomic E-state index is -0.193. The van der Waals surface area contributed by atoms with Crippen LogP contribution in [0.1, 0.15) is 10.4 Å². The maximum absolute atomic E-state index is 12.5. The van der Waals surface area contributed by atoms with E-state index in [1.54, 1.807) is 18.1 Å². The van der Waals surface area contributed by atoms with Crippen LogP contribution in [0.4, 0.5) is 0 Å². The molecule has 1 aliphatic rings. The molecular weight excluding hydrogens is 324 g/mol. The molecule has 20 heavy (non-hydrogen) atoms. The third-order valence-electron chi connectivity index (χ3n) is 3.49. The van der Waals surface area contributed by atoms with Crippen LogP contribution in [-0.2, 0) is 4.74 Å². The lowest BCUT2D eigenvalue weighted by molar-refractivity contribution is -0.0192. The van der Waals surface area contributed by atoms with Crippen molar-refractivity contribution in [2.45, 2.75) is 6.10 Å². The van der Waals surface area contributed by atoms with Crippen LogP contribution >= 0.6 is 15.9 Å². The third-order valence-corrected chi connectivity index (χ3v) is 3.99. The van der Waals surface area contributed by atoms with Crippen LogP contribution in [0.25, 0.3) is 10.9 Å². The molecule has 1 fully saturated rings. The maximum atomic E-state index is 12.5. The van der Waals surface area contributed by atoms with Crippen molar-refractivity contribution >= 4 is 32.7 Å². The molecule has 0 spiro atoms. The van der Waals surface area contributed by atoms with Crippen molar-refractivity contribution in [3.8, 4) is 5.75 Å². The quantitative estimate of drug-likeness (QED) is 0.912. The summed E-state index contributed by atoms with van der Waals surface area (Å²) in [4.78, 5) is 18.3. The molecule has 0 bridgehead atoms. The van der Waals surface area contributed by atoms with E-state index in [1.807, 2.05) is 12.1 Å². The molecule has 1 aliphatic heterocycles. The Labute approximate surface area is 124 Å². The number of halogens is 1. The van der Waals surface area contributed by atoms with Crippen molar-refractivity contribution in [2.75, 3.05) is 20.2 Å². The molecule has 0 radical (unpaired) electrons. The van der Waals surface area contributed by atoms with E-state index >= 15 is 0 Å². The Kier molecular flexibility index (Phi) is 3.35. The number of methoxy groups -OCH3 is 1. The van der Waals surface area contributed by atoms with E-state index in [4.69, 9.17) is 4.74 Å². The number of nitrogens with zero attached hydrogens (tertiary/aromatic N) is 2. The Morgan fingerprint density at radius 1 is 1.50 bits per heavy atom. The number of aromatic hydroxyl groups is 1. The number of benzene rings is 1. The summed E-state index contributed by atoms with van der Waals surface area (Å²) >= 11 is 3.37. The molecule has 5 nitrogen and oxygen atoms in total. The number of carbonyl (C=O) groups is 1. The molecule has 3 rings (SSSR count). The van der Waals surface area contributed by atoms with Crippen LogP contribution in [0.3, 0.4) is 0 Å². The topological polar surface area (TPSA) is 62.7 Å². The highest BCUT2D eigenvalue weighted by molar-refractivity contribution is 9.10. The van der Waals surface area contributed by atoms with Crippen molar-refractivity contribution < 1.29 is 14.6 Å². The second-order valence-corrected chi connectivity index (χ2v) is 5.66. The second kappa shape index (κ2) is 5.03. The number of likely N-dealkylation sites (tertiary alicyclic amines) is 1. The van der Waals surface area contributed by atoms with Gasteiger partial charge < -0.3 is 14.7 Å². The van der Waals surface area contributed by atoms with Gasteiger partial charge in [0, 0.05) is 30.1 Å². The van der Waals surface area contributed by atoms with Gasteiger partial charge in [-0.1, -0.05) is 15.9 Å². The highest BCUT2D eigenvalue weighted by Crippen LogP contribution is 2.30. The van der Waals surface area contributed by atoms with Crippen LogP contribution in [0.15, 0.2) is 28.9 Å². The SMILES string of the molecule is COC1CN(C(=O)c2c(O)cnc3ccc(Br)cc23)C1. The molecule has 104 valence electrons. The predicted octanol–water partition coefficient (Wildman–Crippen LogP) is 2.17. The lowest BCUT2D eigenvalue weighted by Crippen LogP contribution is -2.54. The van der Waals surface area contributed by atoms with Crippen LogP contribution < -0.4 is 0 Å². The highest BCUT2D eigenvalue weighted by Gasteiger charge is 2.33. The summed E-state index contributed by atoms with van der Waals surface area (Å²) in [5, 5.41) is 10.6. The van der Waals surface area contributed by atoms with Crippen molar-refractivity contribution in [2.24, 2.45) is 0 Å². The van der Waals surface area contributed by atoms with Crippen molar-refractivity contribution in [1.29, 1.82) is 0 Å². The molecular formula is C14H13BrN2O3. The van der Waals surface area contributed by atoms with E-state index in [9.17, 15) is 9.90 Å². The molecule has 1 amide bonds. The van der Waals surface area contributed by atoms with E-state index in [2.05, 4.69) is 20.9 Å². The average molecular weight is 337 g/mol. The van der Waals surface area contributed by atoms with Gasteiger partial charge in [-0.3, -0.25) is 9.78 Å². The number of fused-ring (bicyclic) bond motifs is 1. The first-order valence-corrected chi connectivity index (χ1v) is 6.98. The van der Waals surface area contributed by atoms with Gasteiger partial charge in [0.05, 0.1) is 23.4 Å². The van der Waals surface area contributed by atoms with E-state index in [-0.39, 0.29) is 17.8 Å². The van der Waals surface area contributed by atoms with Crippen molar-refractivity contribution in [3.63, 3.8) is 0 Å². The molecule has 1 aromatic heterocycles. The van der Waals surface area contributed by atoms with Gasteiger partial charge in [0.1, 0.15) is 5.75 Å². The Bertz CT molecular complexity index is 678. The minimum absolute atomic E-state index is 0.0842. The molecule has 0 atom stereocenters. The summed E-state index contributed by atoms with van der Waals surface area (Å²) < 4.78 is 6.00. The Morgan fingerprint density at radius 3 is 2.95 bits per heavy atom. The zero-order chi connectivity index (χ0) is 14.3. The van der Waals surface area contributed by atoms with Gasteiger partial charge in [-0.2, -0.15) is 0 Å². The van der Waals surface area contributed by atoms with Crippen molar-refractivity contribution in [3.05, 3.63) is 34.4 Å². The number of rotatable bonds is 2. The van der Waals surface area contributed by atoms with Gasteiger partial charge >= 0.3 is 0 Å². The number of hydrogen-bond donors (Lipinski definition) is 1. The number of carbonyl (C=O) groups excluding carboxylic acids is 1. The normalized spacial score (nSPS) is 15.4.